The van der Waals surface area contributed by atoms with Crippen molar-refractivity contribution in [2.75, 3.05) is 13.6 Å². The van der Waals surface area contributed by atoms with Crippen molar-refractivity contribution < 1.29 is 14.4 Å². The molecule has 1 aliphatic rings. The van der Waals surface area contributed by atoms with Gasteiger partial charge >= 0.3 is 5.97 Å². The van der Waals surface area contributed by atoms with Gasteiger partial charge in [0.1, 0.15) is 12.6 Å². The lowest BCUT2D eigenvalue weighted by Crippen LogP contribution is -2.50. The number of aliphatic carboxylic acids is 1. The third-order valence-electron chi connectivity index (χ3n) is 5.86. The van der Waals surface area contributed by atoms with E-state index in [0.717, 1.165) is 41.0 Å². The van der Waals surface area contributed by atoms with E-state index in [1.807, 2.05) is 43.4 Å². The number of carbonyl (C=O) groups is 1. The van der Waals surface area contributed by atoms with Crippen molar-refractivity contribution in [3.8, 4) is 0 Å². The van der Waals surface area contributed by atoms with Crippen molar-refractivity contribution in [1.82, 2.24) is 0 Å². The van der Waals surface area contributed by atoms with Gasteiger partial charge in [-0.05, 0) is 37.8 Å². The van der Waals surface area contributed by atoms with Gasteiger partial charge in [-0.25, -0.2) is 0 Å². The van der Waals surface area contributed by atoms with E-state index in [2.05, 4.69) is 24.6 Å². The van der Waals surface area contributed by atoms with Crippen molar-refractivity contribution in [3.05, 3.63) is 56.7 Å². The van der Waals surface area contributed by atoms with E-state index in [1.54, 1.807) is 0 Å². The molecular weight excluding hydrogens is 366 g/mol. The maximum absolute atomic E-state index is 11.6. The van der Waals surface area contributed by atoms with Crippen molar-refractivity contribution in [2.24, 2.45) is 5.41 Å². The molecule has 0 bridgehead atoms. The van der Waals surface area contributed by atoms with Crippen LogP contribution in [0.5, 0.6) is 0 Å². The number of nitrogens with zero attached hydrogens (tertiary/aromatic N) is 1. The quantitative estimate of drug-likeness (QED) is 0.655. The monoisotopic (exact) mass is 392 g/mol. The van der Waals surface area contributed by atoms with E-state index in [-0.39, 0.29) is 6.04 Å². The summed E-state index contributed by atoms with van der Waals surface area (Å²) in [5.74, 6) is -0.739. The summed E-state index contributed by atoms with van der Waals surface area (Å²) in [6.07, 6.45) is 2.51. The Morgan fingerprint density at radius 2 is 2.08 bits per heavy atom. The topological polar surface area (TPSA) is 37.3 Å². The van der Waals surface area contributed by atoms with Gasteiger partial charge in [0.05, 0.1) is 19.0 Å². The molecule has 2 unspecified atom stereocenters. The first-order valence-corrected chi connectivity index (χ1v) is 10.4. The minimum absolute atomic E-state index is 0.190. The fraction of sp³-hybridized carbons (Fsp3) is 0.476. The predicted octanol–water partition coefficient (Wildman–Crippen LogP) is 5.54. The Kier molecular flexibility index (Phi) is 5.48. The summed E-state index contributed by atoms with van der Waals surface area (Å²) < 4.78 is 0.878. The second-order valence-electron chi connectivity index (χ2n) is 8.25. The van der Waals surface area contributed by atoms with E-state index in [4.69, 9.17) is 11.6 Å². The highest BCUT2D eigenvalue weighted by Crippen LogP contribution is 2.42. The Morgan fingerprint density at radius 1 is 1.35 bits per heavy atom. The third-order valence-corrected chi connectivity index (χ3v) is 7.22. The van der Waals surface area contributed by atoms with Gasteiger partial charge in [0, 0.05) is 33.9 Å². The average molecular weight is 393 g/mol. The number of rotatable bonds is 6. The standard InChI is InChI=1S/C21H26ClNO2S/c1-21(2,20(24)25)11-8-18(16-6-4-5-7-17(16)22)23(3)12-9-19-15(14-23)10-13-26-19/h4-7,10,13,18H,8-9,11-12,14H2,1-3H3/p+1. The van der Waals surface area contributed by atoms with Crippen LogP contribution in [0.2, 0.25) is 5.02 Å². The van der Waals surface area contributed by atoms with Gasteiger partial charge in [-0.1, -0.05) is 29.8 Å². The highest BCUT2D eigenvalue weighted by atomic mass is 35.5. The van der Waals surface area contributed by atoms with Crippen LogP contribution in [0.3, 0.4) is 0 Å². The average Bonchev–Trinajstić information content (AvgIpc) is 3.03. The molecule has 0 saturated carbocycles. The maximum atomic E-state index is 11.6. The molecule has 2 heterocycles. The SMILES string of the molecule is CC(C)(CCC(c1ccccc1Cl)[N+]1(C)CCc2sccc2C1)C(=O)O. The second kappa shape index (κ2) is 7.34. The van der Waals surface area contributed by atoms with Crippen LogP contribution in [0.4, 0.5) is 0 Å². The van der Waals surface area contributed by atoms with Crippen LogP contribution in [0.1, 0.15) is 48.7 Å². The van der Waals surface area contributed by atoms with Crippen LogP contribution in [0.25, 0.3) is 0 Å². The number of likely N-dealkylation sites (N-methyl/N-ethyl adjacent to an activating group) is 1. The van der Waals surface area contributed by atoms with Crippen molar-refractivity contribution in [3.63, 3.8) is 0 Å². The van der Waals surface area contributed by atoms with Crippen molar-refractivity contribution >= 4 is 28.9 Å². The molecule has 3 rings (SSSR count). The third kappa shape index (κ3) is 3.83. The number of thiophene rings is 1. The van der Waals surface area contributed by atoms with Crippen LogP contribution in [-0.2, 0) is 17.8 Å². The first kappa shape index (κ1) is 19.4. The van der Waals surface area contributed by atoms with E-state index in [0.29, 0.717) is 6.42 Å². The number of carboxylic acids is 1. The van der Waals surface area contributed by atoms with Crippen LogP contribution in [-0.4, -0.2) is 29.2 Å². The first-order chi connectivity index (χ1) is 12.2. The highest BCUT2D eigenvalue weighted by Gasteiger charge is 2.40. The van der Waals surface area contributed by atoms with E-state index < -0.39 is 11.4 Å². The Morgan fingerprint density at radius 3 is 2.77 bits per heavy atom. The summed E-state index contributed by atoms with van der Waals surface area (Å²) in [5, 5.41) is 12.5. The molecule has 0 fully saturated rings. The minimum Gasteiger partial charge on any atom is -0.481 e. The zero-order chi connectivity index (χ0) is 18.9. The zero-order valence-corrected chi connectivity index (χ0v) is 17.2. The molecular formula is C21H27ClNO2S+. The molecule has 0 spiro atoms. The number of fused-ring (bicyclic) bond motifs is 1. The van der Waals surface area contributed by atoms with Gasteiger partial charge in [-0.2, -0.15) is 0 Å². The largest absolute Gasteiger partial charge is 0.481 e. The summed E-state index contributed by atoms with van der Waals surface area (Å²) in [6.45, 7) is 5.65. The first-order valence-electron chi connectivity index (χ1n) is 9.10. The van der Waals surface area contributed by atoms with E-state index >= 15 is 0 Å². The summed E-state index contributed by atoms with van der Waals surface area (Å²) in [6, 6.07) is 10.5. The summed E-state index contributed by atoms with van der Waals surface area (Å²) >= 11 is 8.41. The molecule has 0 aliphatic carbocycles. The smallest absolute Gasteiger partial charge is 0.309 e. The van der Waals surface area contributed by atoms with Gasteiger partial charge in [-0.15, -0.1) is 11.3 Å². The molecule has 26 heavy (non-hydrogen) atoms. The minimum atomic E-state index is -0.739. The number of carboxylic acid groups (broad SMARTS) is 1. The van der Waals surface area contributed by atoms with Crippen LogP contribution >= 0.6 is 22.9 Å². The summed E-state index contributed by atoms with van der Waals surface area (Å²) in [7, 11) is 2.29. The molecule has 1 aliphatic heterocycles. The van der Waals surface area contributed by atoms with Crippen LogP contribution < -0.4 is 0 Å². The molecule has 0 radical (unpaired) electrons. The lowest BCUT2D eigenvalue weighted by atomic mass is 9.83. The lowest BCUT2D eigenvalue weighted by molar-refractivity contribution is -0.954. The van der Waals surface area contributed by atoms with Gasteiger partial charge in [-0.3, -0.25) is 4.79 Å². The molecule has 1 aromatic carbocycles. The Bertz CT molecular complexity index is 801. The molecule has 1 N–H and O–H groups in total. The van der Waals surface area contributed by atoms with Gasteiger partial charge in [0.15, 0.2) is 0 Å². The lowest BCUT2D eigenvalue weighted by Gasteiger charge is -2.45. The van der Waals surface area contributed by atoms with Gasteiger partial charge in [0.2, 0.25) is 0 Å². The molecule has 5 heteroatoms. The Hall–Kier alpha value is -1.36. The van der Waals surface area contributed by atoms with Crippen molar-refractivity contribution in [2.45, 2.75) is 45.7 Å². The molecule has 0 amide bonds. The molecule has 0 saturated heterocycles. The Balaban J connectivity index is 1.93. The number of quaternary nitrogens is 1. The molecule has 2 aromatic rings. The fourth-order valence-corrected chi connectivity index (χ4v) is 5.12. The van der Waals surface area contributed by atoms with Crippen LogP contribution in [0.15, 0.2) is 35.7 Å². The summed E-state index contributed by atoms with van der Waals surface area (Å²) in [4.78, 5) is 13.1. The summed E-state index contributed by atoms with van der Waals surface area (Å²) in [5.41, 5.74) is 1.83. The van der Waals surface area contributed by atoms with Gasteiger partial charge in [0.25, 0.3) is 0 Å². The normalized spacial score (nSPS) is 21.2. The van der Waals surface area contributed by atoms with Gasteiger partial charge < -0.3 is 9.59 Å². The maximum Gasteiger partial charge on any atom is 0.309 e. The Labute approximate surface area is 164 Å². The van der Waals surface area contributed by atoms with E-state index in [1.165, 1.54) is 10.4 Å². The predicted molar refractivity (Wildman–Crippen MR) is 108 cm³/mol. The number of hydrogen-bond donors (Lipinski definition) is 1. The van der Waals surface area contributed by atoms with E-state index in [9.17, 15) is 9.90 Å². The number of benzene rings is 1. The molecule has 140 valence electrons. The van der Waals surface area contributed by atoms with Crippen molar-refractivity contribution in [1.29, 1.82) is 0 Å². The second-order valence-corrected chi connectivity index (χ2v) is 9.65. The molecule has 2 atom stereocenters. The zero-order valence-electron chi connectivity index (χ0n) is 15.7. The molecule has 1 aromatic heterocycles. The molecule has 3 nitrogen and oxygen atoms in total. The highest BCUT2D eigenvalue weighted by molar-refractivity contribution is 7.10. The fourth-order valence-electron chi connectivity index (χ4n) is 3.97. The number of hydrogen-bond acceptors (Lipinski definition) is 2. The van der Waals surface area contributed by atoms with Crippen LogP contribution in [0, 0.1) is 5.41 Å². The number of halogens is 1.